The molecule has 0 aromatic carbocycles. The van der Waals surface area contributed by atoms with Crippen molar-refractivity contribution in [1.29, 1.82) is 0 Å². The number of Topliss-reactive ketones (excluding diaryl/α,β-unsaturated/α-hetero) is 1. The van der Waals surface area contributed by atoms with Crippen molar-refractivity contribution in [1.82, 2.24) is 0 Å². The van der Waals surface area contributed by atoms with E-state index in [1.54, 1.807) is 7.05 Å². The van der Waals surface area contributed by atoms with Crippen molar-refractivity contribution >= 4 is 5.78 Å². The van der Waals surface area contributed by atoms with Gasteiger partial charge in [-0.3, -0.25) is 4.79 Å². The molecule has 0 amide bonds. The second kappa shape index (κ2) is 9.27. The van der Waals surface area contributed by atoms with Gasteiger partial charge in [0.25, 0.3) is 0 Å². The van der Waals surface area contributed by atoms with Gasteiger partial charge in [0.15, 0.2) is 0 Å². The fourth-order valence-corrected chi connectivity index (χ4v) is 0.413. The summed E-state index contributed by atoms with van der Waals surface area (Å²) in [4.78, 5) is 10.5. The number of hydrogen-bond acceptors (Lipinski definition) is 1. The van der Waals surface area contributed by atoms with Crippen molar-refractivity contribution < 1.29 is 56.2 Å². The van der Waals surface area contributed by atoms with Crippen molar-refractivity contribution in [2.45, 2.75) is 19.8 Å². The molecule has 0 aromatic heterocycles. The van der Waals surface area contributed by atoms with Crippen LogP contribution in [0, 0.1) is 0 Å². The summed E-state index contributed by atoms with van der Waals surface area (Å²) in [5.41, 5.74) is 0. The molecule has 0 aliphatic carbocycles. The topological polar surface area (TPSA) is 31.2 Å². The van der Waals surface area contributed by atoms with Gasteiger partial charge in [0, 0.05) is 6.42 Å². The molecule has 0 N–H and O–H groups in total. The second-order valence-electron chi connectivity index (χ2n) is 1.68. The molecule has 2 nitrogen and oxygen atoms in total. The monoisotopic (exact) mass is 153 g/mol. The molecule has 0 unspecified atom stereocenters. The van der Waals surface area contributed by atoms with Gasteiger partial charge >= 0.3 is 51.4 Å². The maximum Gasteiger partial charge on any atom is 1.00 e. The van der Waals surface area contributed by atoms with Gasteiger partial charge < -0.3 is 5.32 Å². The predicted molar refractivity (Wildman–Crippen MR) is 34.1 cm³/mol. The van der Waals surface area contributed by atoms with Crippen LogP contribution in [0.1, 0.15) is 19.8 Å². The van der Waals surface area contributed by atoms with Crippen LogP contribution in [0.3, 0.4) is 0 Å². The molecule has 0 spiro atoms. The number of nitrogens with zero attached hydrogens (tertiary/aromatic N) is 1. The third kappa shape index (κ3) is 9.27. The molecule has 3 heteroatoms. The smallest absolute Gasteiger partial charge is 0.665 e. The van der Waals surface area contributed by atoms with E-state index in [-0.39, 0.29) is 51.4 Å². The van der Waals surface area contributed by atoms with Gasteiger partial charge in [0.05, 0.1) is 0 Å². The van der Waals surface area contributed by atoms with Gasteiger partial charge in [-0.05, 0) is 6.42 Å². The molecular weight excluding hydrogens is 141 g/mol. The van der Waals surface area contributed by atoms with Crippen LogP contribution in [-0.2, 0) is 4.79 Å². The van der Waals surface area contributed by atoms with Crippen LogP contribution in [0.25, 0.3) is 5.32 Å². The average Bonchev–Trinajstić information content (AvgIpc) is 1.83. The Morgan fingerprint density at radius 2 is 2.11 bits per heavy atom. The van der Waals surface area contributed by atoms with Gasteiger partial charge in [0.2, 0.25) is 0 Å². The third-order valence-corrected chi connectivity index (χ3v) is 1.01. The first-order valence-corrected chi connectivity index (χ1v) is 2.88. The summed E-state index contributed by atoms with van der Waals surface area (Å²) in [6, 6.07) is 0. The Hall–Kier alpha value is 1.27. The maximum atomic E-state index is 10.5. The molecule has 0 aromatic rings. The molecule has 0 radical (unpaired) electrons. The summed E-state index contributed by atoms with van der Waals surface area (Å²) >= 11 is 0. The van der Waals surface area contributed by atoms with Crippen molar-refractivity contribution in [3.8, 4) is 0 Å². The third-order valence-electron chi connectivity index (χ3n) is 1.01. The van der Waals surface area contributed by atoms with Crippen molar-refractivity contribution in [3.05, 3.63) is 5.32 Å². The van der Waals surface area contributed by atoms with Crippen LogP contribution >= 0.6 is 0 Å². The summed E-state index contributed by atoms with van der Waals surface area (Å²) in [5, 5.41) is 3.80. The minimum absolute atomic E-state index is 0. The SMILES string of the molecule is CCC(=O)CC[N-]C.[K+]. The Morgan fingerprint density at radius 3 is 2.44 bits per heavy atom. The van der Waals surface area contributed by atoms with E-state index < -0.39 is 0 Å². The Labute approximate surface area is 99.2 Å². The molecule has 0 aliphatic rings. The molecule has 0 fully saturated rings. The number of carbonyl (C=O) groups is 1. The molecule has 0 saturated carbocycles. The molecule has 0 saturated heterocycles. The number of carbonyl (C=O) groups excluding carboxylic acids is 1. The molecule has 9 heavy (non-hydrogen) atoms. The van der Waals surface area contributed by atoms with E-state index in [1.165, 1.54) is 0 Å². The van der Waals surface area contributed by atoms with Crippen LogP contribution in [0.15, 0.2) is 0 Å². The minimum atomic E-state index is 0. The Kier molecular flexibility index (Phi) is 13.3. The zero-order chi connectivity index (χ0) is 6.41. The molecular formula is C6H12KNO. The van der Waals surface area contributed by atoms with E-state index in [0.29, 0.717) is 25.2 Å². The first kappa shape index (κ1) is 12.9. The van der Waals surface area contributed by atoms with E-state index in [9.17, 15) is 4.79 Å². The van der Waals surface area contributed by atoms with Crippen LogP contribution in [0.2, 0.25) is 0 Å². The fraction of sp³-hybridized carbons (Fsp3) is 0.833. The average molecular weight is 153 g/mol. The van der Waals surface area contributed by atoms with E-state index in [4.69, 9.17) is 0 Å². The zero-order valence-electron chi connectivity index (χ0n) is 6.48. The van der Waals surface area contributed by atoms with Gasteiger partial charge in [-0.25, -0.2) is 0 Å². The largest absolute Gasteiger partial charge is 1.00 e. The molecule has 0 bridgehead atoms. The Bertz CT molecular complexity index is 75.5. The van der Waals surface area contributed by atoms with E-state index in [2.05, 4.69) is 5.32 Å². The van der Waals surface area contributed by atoms with E-state index in [0.717, 1.165) is 0 Å². The van der Waals surface area contributed by atoms with Crippen LogP contribution < -0.4 is 51.4 Å². The fourth-order valence-electron chi connectivity index (χ4n) is 0.413. The summed E-state index contributed by atoms with van der Waals surface area (Å²) in [6.07, 6.45) is 1.27. The van der Waals surface area contributed by atoms with Crippen molar-refractivity contribution in [3.63, 3.8) is 0 Å². The molecule has 0 heterocycles. The zero-order valence-corrected chi connectivity index (χ0v) is 9.60. The Balaban J connectivity index is 0. The van der Waals surface area contributed by atoms with E-state index >= 15 is 0 Å². The number of hydrogen-bond donors (Lipinski definition) is 0. The predicted octanol–water partition coefficient (Wildman–Crippen LogP) is -1.64. The normalized spacial score (nSPS) is 8.22. The maximum absolute atomic E-state index is 10.5. The quantitative estimate of drug-likeness (QED) is 0.446. The molecule has 0 atom stereocenters. The van der Waals surface area contributed by atoms with Gasteiger partial charge in [0.1, 0.15) is 5.78 Å². The van der Waals surface area contributed by atoms with Crippen molar-refractivity contribution in [2.75, 3.05) is 13.6 Å². The van der Waals surface area contributed by atoms with E-state index in [1.807, 2.05) is 6.92 Å². The Morgan fingerprint density at radius 1 is 1.56 bits per heavy atom. The summed E-state index contributed by atoms with van der Waals surface area (Å²) in [7, 11) is 1.73. The summed E-state index contributed by atoms with van der Waals surface area (Å²) in [6.45, 7) is 2.56. The summed E-state index contributed by atoms with van der Waals surface area (Å²) in [5.74, 6) is 0.301. The minimum Gasteiger partial charge on any atom is -0.665 e. The molecule has 48 valence electrons. The standard InChI is InChI=1S/C6H12NO.K/c1-3-6(8)4-5-7-2;/h3-5H2,1-2H3;/q-1;+1. The summed E-state index contributed by atoms with van der Waals surface area (Å²) < 4.78 is 0. The van der Waals surface area contributed by atoms with Gasteiger partial charge in [-0.2, -0.15) is 7.05 Å². The van der Waals surface area contributed by atoms with Crippen LogP contribution in [0.5, 0.6) is 0 Å². The van der Waals surface area contributed by atoms with Crippen LogP contribution in [0.4, 0.5) is 0 Å². The molecule has 0 aliphatic heterocycles. The second-order valence-corrected chi connectivity index (χ2v) is 1.68. The van der Waals surface area contributed by atoms with Gasteiger partial charge in [-0.15, -0.1) is 6.54 Å². The first-order valence-electron chi connectivity index (χ1n) is 2.88. The number of ketones is 1. The van der Waals surface area contributed by atoms with Gasteiger partial charge in [-0.1, -0.05) is 6.92 Å². The molecule has 0 rings (SSSR count). The van der Waals surface area contributed by atoms with Crippen LogP contribution in [-0.4, -0.2) is 19.4 Å². The number of rotatable bonds is 4. The van der Waals surface area contributed by atoms with Crippen molar-refractivity contribution in [2.24, 2.45) is 0 Å². The first-order chi connectivity index (χ1) is 3.81.